The minimum absolute atomic E-state index is 0.0937. The van der Waals surface area contributed by atoms with Crippen LogP contribution in [0.25, 0.3) is 0 Å². The standard InChI is InChI=1S/C13H21NO2/c1-3-14(8-10-16-11-9-15)13-7-5-4-6-12(13)2/h4-7,15H,3,8-11H2,1-2H3. The highest BCUT2D eigenvalue weighted by Crippen LogP contribution is 2.18. The van der Waals surface area contributed by atoms with Crippen molar-refractivity contribution in [1.82, 2.24) is 0 Å². The van der Waals surface area contributed by atoms with Gasteiger partial charge in [0.05, 0.1) is 19.8 Å². The molecule has 3 nitrogen and oxygen atoms in total. The number of benzene rings is 1. The van der Waals surface area contributed by atoms with Crippen molar-refractivity contribution in [3.05, 3.63) is 29.8 Å². The maximum Gasteiger partial charge on any atom is 0.0698 e. The van der Waals surface area contributed by atoms with Gasteiger partial charge in [-0.25, -0.2) is 0 Å². The Balaban J connectivity index is 2.51. The molecule has 0 aliphatic rings. The Hall–Kier alpha value is -1.06. The number of aryl methyl sites for hydroxylation is 1. The van der Waals surface area contributed by atoms with Gasteiger partial charge in [0.25, 0.3) is 0 Å². The Morgan fingerprint density at radius 3 is 2.62 bits per heavy atom. The zero-order chi connectivity index (χ0) is 11.8. The predicted octanol–water partition coefficient (Wildman–Crippen LogP) is 1.83. The number of aliphatic hydroxyl groups excluding tert-OH is 1. The lowest BCUT2D eigenvalue weighted by molar-refractivity contribution is 0.0967. The van der Waals surface area contributed by atoms with E-state index in [-0.39, 0.29) is 6.61 Å². The monoisotopic (exact) mass is 223 g/mol. The first kappa shape index (κ1) is 13.0. The molecule has 0 radical (unpaired) electrons. The van der Waals surface area contributed by atoms with Crippen LogP contribution in [0.15, 0.2) is 24.3 Å². The topological polar surface area (TPSA) is 32.7 Å². The van der Waals surface area contributed by atoms with Gasteiger partial charge >= 0.3 is 0 Å². The Labute approximate surface area is 97.7 Å². The summed E-state index contributed by atoms with van der Waals surface area (Å²) in [6.45, 7) is 7.25. The average molecular weight is 223 g/mol. The number of hydrogen-bond acceptors (Lipinski definition) is 3. The third-order valence-electron chi connectivity index (χ3n) is 2.58. The van der Waals surface area contributed by atoms with E-state index in [9.17, 15) is 0 Å². The van der Waals surface area contributed by atoms with Crippen molar-refractivity contribution >= 4 is 5.69 Å². The molecule has 0 unspecified atom stereocenters. The van der Waals surface area contributed by atoms with Gasteiger partial charge in [-0.1, -0.05) is 18.2 Å². The molecule has 3 heteroatoms. The summed E-state index contributed by atoms with van der Waals surface area (Å²) in [6, 6.07) is 8.35. The summed E-state index contributed by atoms with van der Waals surface area (Å²) in [5, 5.41) is 8.61. The summed E-state index contributed by atoms with van der Waals surface area (Å²) < 4.78 is 5.28. The lowest BCUT2D eigenvalue weighted by Crippen LogP contribution is -2.28. The van der Waals surface area contributed by atoms with Gasteiger partial charge in [-0.05, 0) is 25.5 Å². The predicted molar refractivity (Wildman–Crippen MR) is 67.0 cm³/mol. The zero-order valence-corrected chi connectivity index (χ0v) is 10.1. The van der Waals surface area contributed by atoms with Crippen LogP contribution in [0.4, 0.5) is 5.69 Å². The van der Waals surface area contributed by atoms with Gasteiger partial charge in [0, 0.05) is 18.8 Å². The first-order chi connectivity index (χ1) is 7.79. The molecule has 1 aromatic rings. The van der Waals surface area contributed by atoms with Crippen molar-refractivity contribution in [1.29, 1.82) is 0 Å². The Morgan fingerprint density at radius 1 is 1.25 bits per heavy atom. The molecule has 0 spiro atoms. The molecular formula is C13H21NO2. The van der Waals surface area contributed by atoms with E-state index in [1.54, 1.807) is 0 Å². The highest BCUT2D eigenvalue weighted by molar-refractivity contribution is 5.52. The second kappa shape index (κ2) is 7.25. The van der Waals surface area contributed by atoms with Gasteiger partial charge in [-0.2, -0.15) is 0 Å². The summed E-state index contributed by atoms with van der Waals surface area (Å²) in [5.41, 5.74) is 2.55. The molecule has 0 saturated carbocycles. The Bertz CT molecular complexity index is 302. The number of rotatable bonds is 7. The molecular weight excluding hydrogens is 202 g/mol. The summed E-state index contributed by atoms with van der Waals surface area (Å²) in [5.74, 6) is 0. The molecule has 16 heavy (non-hydrogen) atoms. The van der Waals surface area contributed by atoms with Crippen LogP contribution in [-0.2, 0) is 4.74 Å². The number of likely N-dealkylation sites (N-methyl/N-ethyl adjacent to an activating group) is 1. The molecule has 0 saturated heterocycles. The van der Waals surface area contributed by atoms with E-state index in [4.69, 9.17) is 9.84 Å². The molecule has 0 fully saturated rings. The summed E-state index contributed by atoms with van der Waals surface area (Å²) in [4.78, 5) is 2.28. The van der Waals surface area contributed by atoms with Crippen LogP contribution in [0, 0.1) is 6.92 Å². The minimum atomic E-state index is 0.0937. The van der Waals surface area contributed by atoms with Crippen molar-refractivity contribution < 1.29 is 9.84 Å². The largest absolute Gasteiger partial charge is 0.394 e. The molecule has 0 aromatic heterocycles. The number of para-hydroxylation sites is 1. The SMILES string of the molecule is CCN(CCOCCO)c1ccccc1C. The van der Waals surface area contributed by atoms with Crippen molar-refractivity contribution in [3.63, 3.8) is 0 Å². The van der Waals surface area contributed by atoms with Gasteiger partial charge in [-0.15, -0.1) is 0 Å². The van der Waals surface area contributed by atoms with Crippen LogP contribution < -0.4 is 4.90 Å². The van der Waals surface area contributed by atoms with Crippen LogP contribution >= 0.6 is 0 Å². The van der Waals surface area contributed by atoms with Crippen LogP contribution in [-0.4, -0.2) is 38.0 Å². The summed E-state index contributed by atoms with van der Waals surface area (Å²) in [6.07, 6.45) is 0. The maximum absolute atomic E-state index is 8.61. The van der Waals surface area contributed by atoms with E-state index in [0.29, 0.717) is 13.2 Å². The molecule has 1 rings (SSSR count). The van der Waals surface area contributed by atoms with E-state index in [0.717, 1.165) is 13.1 Å². The Kier molecular flexibility index (Phi) is 5.90. The van der Waals surface area contributed by atoms with Crippen molar-refractivity contribution in [2.75, 3.05) is 37.8 Å². The molecule has 0 heterocycles. The number of aliphatic hydroxyl groups is 1. The molecule has 0 aliphatic heterocycles. The van der Waals surface area contributed by atoms with Gasteiger partial charge in [0.2, 0.25) is 0 Å². The van der Waals surface area contributed by atoms with Crippen LogP contribution in [0.2, 0.25) is 0 Å². The van der Waals surface area contributed by atoms with Crippen molar-refractivity contribution in [3.8, 4) is 0 Å². The quantitative estimate of drug-likeness (QED) is 0.716. The van der Waals surface area contributed by atoms with Gasteiger partial charge in [-0.3, -0.25) is 0 Å². The first-order valence-electron chi connectivity index (χ1n) is 5.78. The fraction of sp³-hybridized carbons (Fsp3) is 0.538. The highest BCUT2D eigenvalue weighted by atomic mass is 16.5. The fourth-order valence-electron chi connectivity index (χ4n) is 1.71. The normalized spacial score (nSPS) is 10.4. The van der Waals surface area contributed by atoms with Crippen molar-refractivity contribution in [2.24, 2.45) is 0 Å². The maximum atomic E-state index is 8.61. The van der Waals surface area contributed by atoms with Gasteiger partial charge in [0.15, 0.2) is 0 Å². The van der Waals surface area contributed by atoms with Crippen molar-refractivity contribution in [2.45, 2.75) is 13.8 Å². The molecule has 1 aromatic carbocycles. The smallest absolute Gasteiger partial charge is 0.0698 e. The molecule has 0 bridgehead atoms. The molecule has 0 aliphatic carbocycles. The second-order valence-electron chi connectivity index (χ2n) is 3.70. The number of hydrogen-bond donors (Lipinski definition) is 1. The van der Waals surface area contributed by atoms with Crippen LogP contribution in [0.5, 0.6) is 0 Å². The van der Waals surface area contributed by atoms with E-state index in [1.807, 2.05) is 0 Å². The number of anilines is 1. The van der Waals surface area contributed by atoms with Gasteiger partial charge in [0.1, 0.15) is 0 Å². The molecule has 90 valence electrons. The van der Waals surface area contributed by atoms with E-state index in [2.05, 4.69) is 43.0 Å². The minimum Gasteiger partial charge on any atom is -0.394 e. The van der Waals surface area contributed by atoms with Crippen LogP contribution in [0.1, 0.15) is 12.5 Å². The summed E-state index contributed by atoms with van der Waals surface area (Å²) in [7, 11) is 0. The molecule has 0 atom stereocenters. The fourth-order valence-corrected chi connectivity index (χ4v) is 1.71. The third kappa shape index (κ3) is 3.83. The average Bonchev–Trinajstić information content (AvgIpc) is 2.31. The van der Waals surface area contributed by atoms with Gasteiger partial charge < -0.3 is 14.7 Å². The zero-order valence-electron chi connectivity index (χ0n) is 10.1. The lowest BCUT2D eigenvalue weighted by Gasteiger charge is -2.24. The van der Waals surface area contributed by atoms with E-state index >= 15 is 0 Å². The number of nitrogens with zero attached hydrogens (tertiary/aromatic N) is 1. The lowest BCUT2D eigenvalue weighted by atomic mass is 10.2. The second-order valence-corrected chi connectivity index (χ2v) is 3.70. The van der Waals surface area contributed by atoms with Crippen LogP contribution in [0.3, 0.4) is 0 Å². The van der Waals surface area contributed by atoms with E-state index < -0.39 is 0 Å². The first-order valence-corrected chi connectivity index (χ1v) is 5.78. The molecule has 1 N–H and O–H groups in total. The third-order valence-corrected chi connectivity index (χ3v) is 2.58. The number of ether oxygens (including phenoxy) is 1. The summed E-state index contributed by atoms with van der Waals surface area (Å²) >= 11 is 0. The Morgan fingerprint density at radius 2 is 2.00 bits per heavy atom. The van der Waals surface area contributed by atoms with E-state index in [1.165, 1.54) is 11.3 Å². The highest BCUT2D eigenvalue weighted by Gasteiger charge is 2.05. The molecule has 0 amide bonds.